The van der Waals surface area contributed by atoms with Gasteiger partial charge in [-0.15, -0.1) is 0 Å². The van der Waals surface area contributed by atoms with E-state index in [9.17, 15) is 0 Å². The lowest BCUT2D eigenvalue weighted by Crippen LogP contribution is -2.18. The van der Waals surface area contributed by atoms with Crippen molar-refractivity contribution in [2.45, 2.75) is 44.7 Å². The van der Waals surface area contributed by atoms with E-state index in [1.807, 2.05) is 19.4 Å². The van der Waals surface area contributed by atoms with E-state index in [1.165, 1.54) is 25.7 Å². The van der Waals surface area contributed by atoms with Gasteiger partial charge in [-0.25, -0.2) is 9.97 Å². The molecule has 0 amide bonds. The largest absolute Gasteiger partial charge is 0.353 e. The maximum Gasteiger partial charge on any atom is 0.202 e. The fourth-order valence-corrected chi connectivity index (χ4v) is 2.60. The molecule has 1 saturated carbocycles. The number of rotatable bonds is 5. The molecule has 0 radical (unpaired) electrons. The Balaban J connectivity index is 1.59. The summed E-state index contributed by atoms with van der Waals surface area (Å²) in [5, 5.41) is 7.83. The van der Waals surface area contributed by atoms with E-state index >= 15 is 0 Å². The van der Waals surface area contributed by atoms with Crippen LogP contribution >= 0.6 is 0 Å². The molecule has 19 heavy (non-hydrogen) atoms. The Hall–Kier alpha value is -1.85. The normalized spacial score (nSPS) is 16.1. The number of aryl methyl sites for hydroxylation is 3. The van der Waals surface area contributed by atoms with Gasteiger partial charge in [0.2, 0.25) is 5.95 Å². The molecule has 1 aliphatic carbocycles. The highest BCUT2D eigenvalue weighted by atomic mass is 15.3. The van der Waals surface area contributed by atoms with Crippen LogP contribution in [-0.2, 0) is 20.0 Å². The number of aromatic nitrogens is 5. The maximum absolute atomic E-state index is 4.40. The lowest BCUT2D eigenvalue weighted by molar-refractivity contribution is 0.649. The van der Waals surface area contributed by atoms with E-state index in [1.54, 1.807) is 11.0 Å². The lowest BCUT2D eigenvalue weighted by atomic mass is 10.2. The molecule has 0 unspecified atom stereocenters. The smallest absolute Gasteiger partial charge is 0.202 e. The number of anilines is 1. The van der Waals surface area contributed by atoms with E-state index < -0.39 is 0 Å². The zero-order chi connectivity index (χ0) is 13.1. The molecule has 0 bridgehead atoms. The van der Waals surface area contributed by atoms with Crippen LogP contribution in [0.3, 0.4) is 0 Å². The number of hydrogen-bond donors (Lipinski definition) is 1. The summed E-state index contributed by atoms with van der Waals surface area (Å²) in [7, 11) is 1.89. The Labute approximate surface area is 112 Å². The first-order valence-corrected chi connectivity index (χ1v) is 6.93. The number of nitrogens with zero attached hydrogens (tertiary/aromatic N) is 5. The van der Waals surface area contributed by atoms with Gasteiger partial charge in [0.1, 0.15) is 6.33 Å². The quantitative estimate of drug-likeness (QED) is 0.887. The second-order valence-corrected chi connectivity index (χ2v) is 5.15. The molecule has 2 heterocycles. The minimum Gasteiger partial charge on any atom is -0.353 e. The van der Waals surface area contributed by atoms with E-state index in [-0.39, 0.29) is 0 Å². The number of imidazole rings is 1. The second kappa shape index (κ2) is 5.42. The van der Waals surface area contributed by atoms with Crippen LogP contribution in [0.25, 0.3) is 0 Å². The highest BCUT2D eigenvalue weighted by Gasteiger charge is 2.16. The van der Waals surface area contributed by atoms with Crippen LogP contribution < -0.4 is 5.32 Å². The van der Waals surface area contributed by atoms with Gasteiger partial charge < -0.3 is 9.88 Å². The van der Waals surface area contributed by atoms with Gasteiger partial charge in [0, 0.05) is 38.4 Å². The Kier molecular flexibility index (Phi) is 3.48. The molecule has 0 spiro atoms. The molecule has 1 N–H and O–H groups in total. The molecular weight excluding hydrogens is 240 g/mol. The van der Waals surface area contributed by atoms with E-state index in [0.717, 1.165) is 24.7 Å². The fourth-order valence-electron chi connectivity index (χ4n) is 2.60. The first-order valence-electron chi connectivity index (χ1n) is 6.93. The molecule has 2 aromatic heterocycles. The van der Waals surface area contributed by atoms with E-state index in [2.05, 4.69) is 25.0 Å². The summed E-state index contributed by atoms with van der Waals surface area (Å²) in [4.78, 5) is 8.65. The number of hydrogen-bond acceptors (Lipinski definition) is 4. The van der Waals surface area contributed by atoms with Gasteiger partial charge in [-0.1, -0.05) is 12.8 Å². The topological polar surface area (TPSA) is 60.6 Å². The molecule has 3 rings (SSSR count). The molecule has 1 aliphatic rings. The van der Waals surface area contributed by atoms with Crippen LogP contribution in [0.4, 0.5) is 5.95 Å². The molecule has 1 fully saturated rings. The zero-order valence-electron chi connectivity index (χ0n) is 11.3. The van der Waals surface area contributed by atoms with Crippen LogP contribution in [0, 0.1) is 0 Å². The Morgan fingerprint density at radius 2 is 2.16 bits per heavy atom. The molecular formula is C13H20N6. The van der Waals surface area contributed by atoms with E-state index in [0.29, 0.717) is 6.04 Å². The van der Waals surface area contributed by atoms with Gasteiger partial charge in [-0.3, -0.25) is 4.68 Å². The Morgan fingerprint density at radius 1 is 1.32 bits per heavy atom. The monoisotopic (exact) mass is 260 g/mol. The van der Waals surface area contributed by atoms with Gasteiger partial charge in [0.05, 0.1) is 0 Å². The van der Waals surface area contributed by atoms with Crippen LogP contribution in [0.5, 0.6) is 0 Å². The predicted octanol–water partition coefficient (Wildman–Crippen LogP) is 1.61. The molecule has 0 aliphatic heterocycles. The summed E-state index contributed by atoms with van der Waals surface area (Å²) in [6, 6.07) is 0.592. The summed E-state index contributed by atoms with van der Waals surface area (Å²) in [6.07, 6.45) is 11.6. The van der Waals surface area contributed by atoms with Crippen molar-refractivity contribution < 1.29 is 0 Å². The molecule has 2 aromatic rings. The summed E-state index contributed by atoms with van der Waals surface area (Å²) < 4.78 is 3.88. The zero-order valence-corrected chi connectivity index (χ0v) is 11.3. The van der Waals surface area contributed by atoms with Crippen LogP contribution in [0.2, 0.25) is 0 Å². The summed E-state index contributed by atoms with van der Waals surface area (Å²) in [5.41, 5.74) is 0. The molecule has 0 saturated heterocycles. The van der Waals surface area contributed by atoms with Crippen LogP contribution in [0.1, 0.15) is 31.5 Å². The highest BCUT2D eigenvalue weighted by molar-refractivity contribution is 5.28. The molecule has 6 nitrogen and oxygen atoms in total. The van der Waals surface area contributed by atoms with E-state index in [4.69, 9.17) is 0 Å². The fraction of sp³-hybridized carbons (Fsp3) is 0.615. The van der Waals surface area contributed by atoms with Crippen molar-refractivity contribution in [3.05, 3.63) is 24.5 Å². The van der Waals surface area contributed by atoms with Crippen molar-refractivity contribution in [3.63, 3.8) is 0 Å². The molecule has 102 valence electrons. The van der Waals surface area contributed by atoms with Crippen LogP contribution in [0.15, 0.2) is 18.7 Å². The first-order chi connectivity index (χ1) is 9.31. The minimum absolute atomic E-state index is 0.592. The van der Waals surface area contributed by atoms with Crippen molar-refractivity contribution in [1.82, 2.24) is 24.3 Å². The van der Waals surface area contributed by atoms with Crippen molar-refractivity contribution in [3.8, 4) is 0 Å². The standard InChI is InChI=1S/C13H20N6/c1-18-10-15-12(17-18)6-8-19-9-7-14-13(19)16-11-4-2-3-5-11/h7,9-11H,2-6,8H2,1H3,(H,14,16). The molecule has 0 atom stereocenters. The lowest BCUT2D eigenvalue weighted by Gasteiger charge is -2.14. The summed E-state index contributed by atoms with van der Waals surface area (Å²) >= 11 is 0. The third-order valence-corrected chi connectivity index (χ3v) is 3.63. The van der Waals surface area contributed by atoms with Gasteiger partial charge in [-0.2, -0.15) is 5.10 Å². The van der Waals surface area contributed by atoms with Crippen molar-refractivity contribution >= 4 is 5.95 Å². The summed E-state index contributed by atoms with van der Waals surface area (Å²) in [5.74, 6) is 1.85. The SMILES string of the molecule is Cn1cnc(CCn2ccnc2NC2CCCC2)n1. The maximum atomic E-state index is 4.40. The summed E-state index contributed by atoms with van der Waals surface area (Å²) in [6.45, 7) is 0.860. The second-order valence-electron chi connectivity index (χ2n) is 5.15. The van der Waals surface area contributed by atoms with Crippen molar-refractivity contribution in [2.75, 3.05) is 5.32 Å². The molecule has 0 aromatic carbocycles. The van der Waals surface area contributed by atoms with Crippen molar-refractivity contribution in [2.24, 2.45) is 7.05 Å². The average Bonchev–Trinajstić information content (AvgIpc) is 3.10. The van der Waals surface area contributed by atoms with Crippen molar-refractivity contribution in [1.29, 1.82) is 0 Å². The minimum atomic E-state index is 0.592. The van der Waals surface area contributed by atoms with Gasteiger partial charge in [0.25, 0.3) is 0 Å². The third-order valence-electron chi connectivity index (χ3n) is 3.63. The predicted molar refractivity (Wildman–Crippen MR) is 72.8 cm³/mol. The number of nitrogens with one attached hydrogen (secondary N) is 1. The van der Waals surface area contributed by atoms with Crippen LogP contribution in [-0.4, -0.2) is 30.4 Å². The Bertz CT molecular complexity index is 523. The van der Waals surface area contributed by atoms with Gasteiger partial charge in [0.15, 0.2) is 5.82 Å². The molecule has 6 heteroatoms. The first kappa shape index (κ1) is 12.2. The third kappa shape index (κ3) is 2.94. The van der Waals surface area contributed by atoms with Gasteiger partial charge in [-0.05, 0) is 12.8 Å². The van der Waals surface area contributed by atoms with Gasteiger partial charge >= 0.3 is 0 Å². The Morgan fingerprint density at radius 3 is 2.89 bits per heavy atom. The highest BCUT2D eigenvalue weighted by Crippen LogP contribution is 2.21. The average molecular weight is 260 g/mol.